The van der Waals surface area contributed by atoms with Crippen molar-refractivity contribution in [1.29, 1.82) is 0 Å². The Labute approximate surface area is 157 Å². The summed E-state index contributed by atoms with van der Waals surface area (Å²) >= 11 is 0. The van der Waals surface area contributed by atoms with Crippen LogP contribution in [-0.2, 0) is 9.53 Å². The van der Waals surface area contributed by atoms with Gasteiger partial charge in [-0.3, -0.25) is 4.79 Å². The number of rotatable bonds is 6. The fraction of sp³-hybridized carbons (Fsp3) is 0.0909. The highest BCUT2D eigenvalue weighted by atomic mass is 16.5. The summed E-state index contributed by atoms with van der Waals surface area (Å²) in [7, 11) is 0. The van der Waals surface area contributed by atoms with E-state index >= 15 is 0 Å². The molecule has 5 nitrogen and oxygen atoms in total. The lowest BCUT2D eigenvalue weighted by Gasteiger charge is -2.08. The van der Waals surface area contributed by atoms with Crippen LogP contribution in [0.4, 0.5) is 5.69 Å². The fourth-order valence-electron chi connectivity index (χ4n) is 2.33. The van der Waals surface area contributed by atoms with Crippen LogP contribution in [0.2, 0.25) is 0 Å². The summed E-state index contributed by atoms with van der Waals surface area (Å²) in [6.45, 7) is 1.61. The summed E-state index contributed by atoms with van der Waals surface area (Å²) in [4.78, 5) is 24.0. The molecule has 0 radical (unpaired) electrons. The summed E-state index contributed by atoms with van der Waals surface area (Å²) in [6.07, 6.45) is 0. The maximum Gasteiger partial charge on any atom is 0.338 e. The van der Waals surface area contributed by atoms with Gasteiger partial charge in [0.2, 0.25) is 0 Å². The van der Waals surface area contributed by atoms with E-state index in [2.05, 4.69) is 5.32 Å². The first kappa shape index (κ1) is 18.2. The second kappa shape index (κ2) is 8.67. The van der Waals surface area contributed by atoms with Crippen molar-refractivity contribution >= 4 is 17.6 Å². The molecular weight excluding hydrogens is 342 g/mol. The van der Waals surface area contributed by atoms with Crippen LogP contribution in [0.3, 0.4) is 0 Å². The molecule has 0 aliphatic carbocycles. The second-order valence-electron chi connectivity index (χ2n) is 5.93. The Morgan fingerprint density at radius 2 is 1.44 bits per heavy atom. The standard InChI is InChI=1S/C22H19NO4/c1-16-7-11-18(12-8-16)23-21(24)15-26-22(25)17-9-13-20(14-10-17)27-19-5-3-2-4-6-19/h2-14H,15H2,1H3,(H,23,24). The number of esters is 1. The van der Waals surface area contributed by atoms with Crippen LogP contribution in [0.5, 0.6) is 11.5 Å². The lowest BCUT2D eigenvalue weighted by Crippen LogP contribution is -2.20. The summed E-state index contributed by atoms with van der Waals surface area (Å²) < 4.78 is 10.7. The smallest absolute Gasteiger partial charge is 0.338 e. The molecular formula is C22H19NO4. The van der Waals surface area contributed by atoms with Gasteiger partial charge in [0, 0.05) is 5.69 Å². The van der Waals surface area contributed by atoms with Crippen LogP contribution in [0, 0.1) is 6.92 Å². The summed E-state index contributed by atoms with van der Waals surface area (Å²) in [5.74, 6) is 0.354. The lowest BCUT2D eigenvalue weighted by atomic mass is 10.2. The van der Waals surface area contributed by atoms with E-state index < -0.39 is 11.9 Å². The maximum atomic E-state index is 12.1. The Hall–Kier alpha value is -3.60. The van der Waals surface area contributed by atoms with Crippen molar-refractivity contribution in [1.82, 2.24) is 0 Å². The highest BCUT2D eigenvalue weighted by Gasteiger charge is 2.11. The fourth-order valence-corrected chi connectivity index (χ4v) is 2.33. The van der Waals surface area contributed by atoms with E-state index in [1.54, 1.807) is 36.4 Å². The molecule has 0 unspecified atom stereocenters. The largest absolute Gasteiger partial charge is 0.457 e. The van der Waals surface area contributed by atoms with Gasteiger partial charge in [-0.25, -0.2) is 4.79 Å². The van der Waals surface area contributed by atoms with E-state index in [1.807, 2.05) is 49.4 Å². The van der Waals surface area contributed by atoms with E-state index in [0.717, 1.165) is 5.56 Å². The van der Waals surface area contributed by atoms with E-state index in [0.29, 0.717) is 22.7 Å². The summed E-state index contributed by atoms with van der Waals surface area (Å²) in [6, 6.07) is 23.3. The van der Waals surface area contributed by atoms with Crippen molar-refractivity contribution in [2.75, 3.05) is 11.9 Å². The molecule has 0 fully saturated rings. The zero-order chi connectivity index (χ0) is 19.1. The SMILES string of the molecule is Cc1ccc(NC(=O)COC(=O)c2ccc(Oc3ccccc3)cc2)cc1. The van der Waals surface area contributed by atoms with E-state index in [9.17, 15) is 9.59 Å². The molecule has 0 spiro atoms. The quantitative estimate of drug-likeness (QED) is 0.653. The van der Waals surface area contributed by atoms with Crippen molar-refractivity contribution in [3.63, 3.8) is 0 Å². The zero-order valence-electron chi connectivity index (χ0n) is 14.8. The number of hydrogen-bond acceptors (Lipinski definition) is 4. The average molecular weight is 361 g/mol. The van der Waals surface area contributed by atoms with Gasteiger partial charge in [-0.15, -0.1) is 0 Å². The Morgan fingerprint density at radius 3 is 2.11 bits per heavy atom. The normalized spacial score (nSPS) is 10.1. The summed E-state index contributed by atoms with van der Waals surface area (Å²) in [5, 5.41) is 2.68. The minimum Gasteiger partial charge on any atom is -0.457 e. The number of para-hydroxylation sites is 1. The van der Waals surface area contributed by atoms with Crippen molar-refractivity contribution in [3.8, 4) is 11.5 Å². The highest BCUT2D eigenvalue weighted by molar-refractivity contribution is 5.95. The van der Waals surface area contributed by atoms with Crippen molar-refractivity contribution < 1.29 is 19.1 Å². The van der Waals surface area contributed by atoms with Gasteiger partial charge in [-0.1, -0.05) is 35.9 Å². The zero-order valence-corrected chi connectivity index (χ0v) is 14.8. The molecule has 0 aromatic heterocycles. The van der Waals surface area contributed by atoms with Gasteiger partial charge >= 0.3 is 5.97 Å². The first-order valence-corrected chi connectivity index (χ1v) is 8.47. The van der Waals surface area contributed by atoms with Crippen molar-refractivity contribution in [2.24, 2.45) is 0 Å². The molecule has 0 heterocycles. The third-order valence-electron chi connectivity index (χ3n) is 3.74. The second-order valence-corrected chi connectivity index (χ2v) is 5.93. The number of carbonyl (C=O) groups is 2. The number of nitrogens with one attached hydrogen (secondary N) is 1. The molecule has 0 bridgehead atoms. The topological polar surface area (TPSA) is 64.6 Å². The molecule has 0 saturated carbocycles. The first-order valence-electron chi connectivity index (χ1n) is 8.47. The minimum atomic E-state index is -0.569. The predicted octanol–water partition coefficient (Wildman–Crippen LogP) is 4.58. The van der Waals surface area contributed by atoms with Crippen LogP contribution < -0.4 is 10.1 Å². The number of hydrogen-bond donors (Lipinski definition) is 1. The Bertz CT molecular complexity index is 903. The molecule has 1 N–H and O–H groups in total. The molecule has 3 aromatic rings. The molecule has 0 aliphatic rings. The van der Waals surface area contributed by atoms with Crippen LogP contribution in [-0.4, -0.2) is 18.5 Å². The monoisotopic (exact) mass is 361 g/mol. The third kappa shape index (κ3) is 5.44. The molecule has 27 heavy (non-hydrogen) atoms. The van der Waals surface area contributed by atoms with E-state index in [-0.39, 0.29) is 6.61 Å². The van der Waals surface area contributed by atoms with Gasteiger partial charge in [0.25, 0.3) is 5.91 Å². The molecule has 0 aliphatic heterocycles. The number of amides is 1. The molecule has 5 heteroatoms. The van der Waals surface area contributed by atoms with Crippen LogP contribution in [0.15, 0.2) is 78.9 Å². The maximum absolute atomic E-state index is 12.1. The van der Waals surface area contributed by atoms with Gasteiger partial charge < -0.3 is 14.8 Å². The van der Waals surface area contributed by atoms with Crippen LogP contribution >= 0.6 is 0 Å². The predicted molar refractivity (Wildman–Crippen MR) is 103 cm³/mol. The molecule has 136 valence electrons. The average Bonchev–Trinajstić information content (AvgIpc) is 2.69. The van der Waals surface area contributed by atoms with E-state index in [1.165, 1.54) is 0 Å². The van der Waals surface area contributed by atoms with Crippen molar-refractivity contribution in [2.45, 2.75) is 6.92 Å². The minimum absolute atomic E-state index is 0.346. The van der Waals surface area contributed by atoms with Crippen molar-refractivity contribution in [3.05, 3.63) is 90.0 Å². The Morgan fingerprint density at radius 1 is 0.815 bits per heavy atom. The third-order valence-corrected chi connectivity index (χ3v) is 3.74. The van der Waals surface area contributed by atoms with Crippen LogP contribution in [0.25, 0.3) is 0 Å². The van der Waals surface area contributed by atoms with Gasteiger partial charge in [0.15, 0.2) is 6.61 Å². The van der Waals surface area contributed by atoms with Crippen LogP contribution in [0.1, 0.15) is 15.9 Å². The molecule has 0 saturated heterocycles. The number of benzene rings is 3. The van der Waals surface area contributed by atoms with Gasteiger partial charge in [0.05, 0.1) is 5.56 Å². The molecule has 3 rings (SSSR count). The van der Waals surface area contributed by atoms with Gasteiger partial charge in [-0.2, -0.15) is 0 Å². The molecule has 0 atom stereocenters. The Kier molecular flexibility index (Phi) is 5.84. The molecule has 1 amide bonds. The number of anilines is 1. The number of carbonyl (C=O) groups excluding carboxylic acids is 2. The Balaban J connectivity index is 1.50. The van der Waals surface area contributed by atoms with Gasteiger partial charge in [-0.05, 0) is 55.5 Å². The lowest BCUT2D eigenvalue weighted by molar-refractivity contribution is -0.119. The number of ether oxygens (including phenoxy) is 2. The van der Waals surface area contributed by atoms with E-state index in [4.69, 9.17) is 9.47 Å². The highest BCUT2D eigenvalue weighted by Crippen LogP contribution is 2.21. The summed E-state index contributed by atoms with van der Waals surface area (Å²) in [5.41, 5.74) is 2.10. The number of aryl methyl sites for hydroxylation is 1. The molecule has 3 aromatic carbocycles. The van der Waals surface area contributed by atoms with Gasteiger partial charge in [0.1, 0.15) is 11.5 Å². The first-order chi connectivity index (χ1) is 13.1.